The summed E-state index contributed by atoms with van der Waals surface area (Å²) in [4.78, 5) is 13.4. The minimum absolute atomic E-state index is 0.0210. The van der Waals surface area contributed by atoms with Crippen LogP contribution in [-0.2, 0) is 11.3 Å². The molecule has 0 radical (unpaired) electrons. The van der Waals surface area contributed by atoms with Crippen LogP contribution in [0.15, 0.2) is 29.4 Å². The number of carbonyl (C=O) groups excluding carboxylic acids is 1. The Morgan fingerprint density at radius 3 is 2.77 bits per heavy atom. The largest absolute Gasteiger partial charge is 0.497 e. The fraction of sp³-hybridized carbons (Fsp3) is 0.357. The molecule has 1 aliphatic rings. The molecule has 0 bridgehead atoms. The maximum absolute atomic E-state index is 11.3. The number of ether oxygens (including phenoxy) is 1. The molecular weight excluding hydrogens is 302 g/mol. The molecule has 0 atom stereocenters. The van der Waals surface area contributed by atoms with Gasteiger partial charge in [-0.2, -0.15) is 0 Å². The summed E-state index contributed by atoms with van der Waals surface area (Å²) >= 11 is 1.40. The molecule has 0 saturated heterocycles. The average molecular weight is 319 g/mol. The minimum atomic E-state index is -0.0210. The number of carbonyl (C=O) groups is 1. The Labute approximate surface area is 132 Å². The maximum Gasteiger partial charge on any atom is 0.232 e. The first-order valence-electron chi connectivity index (χ1n) is 6.91. The Kier molecular flexibility index (Phi) is 4.19. The molecule has 3 rings (SSSR count). The SMILES string of the molecule is CNC(=O)CSc1nnc2n1CCN2c1ccc(OC)cc1. The van der Waals surface area contributed by atoms with Gasteiger partial charge in [-0.1, -0.05) is 11.8 Å². The van der Waals surface area contributed by atoms with Gasteiger partial charge in [0.05, 0.1) is 12.9 Å². The molecule has 8 heteroatoms. The molecule has 2 heterocycles. The molecule has 1 aromatic heterocycles. The van der Waals surface area contributed by atoms with E-state index in [1.165, 1.54) is 11.8 Å². The van der Waals surface area contributed by atoms with Crippen LogP contribution in [0.4, 0.5) is 11.6 Å². The van der Waals surface area contributed by atoms with Gasteiger partial charge in [-0.05, 0) is 24.3 Å². The topological polar surface area (TPSA) is 72.3 Å². The zero-order valence-corrected chi connectivity index (χ0v) is 13.3. The third-order valence-corrected chi connectivity index (χ3v) is 4.45. The van der Waals surface area contributed by atoms with Gasteiger partial charge in [-0.3, -0.25) is 9.36 Å². The second kappa shape index (κ2) is 6.27. The summed E-state index contributed by atoms with van der Waals surface area (Å²) in [6, 6.07) is 7.85. The maximum atomic E-state index is 11.3. The van der Waals surface area contributed by atoms with Crippen LogP contribution in [0.3, 0.4) is 0 Å². The molecule has 2 aromatic rings. The van der Waals surface area contributed by atoms with Gasteiger partial charge in [-0.15, -0.1) is 10.2 Å². The molecule has 1 aromatic carbocycles. The van der Waals surface area contributed by atoms with E-state index in [9.17, 15) is 4.79 Å². The van der Waals surface area contributed by atoms with Crippen molar-refractivity contribution >= 4 is 29.3 Å². The van der Waals surface area contributed by atoms with Gasteiger partial charge in [0.2, 0.25) is 11.9 Å². The molecule has 1 aliphatic heterocycles. The number of aromatic nitrogens is 3. The Morgan fingerprint density at radius 1 is 1.32 bits per heavy atom. The molecular formula is C14H17N5O2S. The van der Waals surface area contributed by atoms with E-state index < -0.39 is 0 Å². The molecule has 0 unspecified atom stereocenters. The van der Waals surface area contributed by atoms with Gasteiger partial charge in [0.1, 0.15) is 5.75 Å². The summed E-state index contributed by atoms with van der Waals surface area (Å²) < 4.78 is 7.22. The molecule has 0 spiro atoms. The van der Waals surface area contributed by atoms with Crippen LogP contribution in [-0.4, -0.2) is 47.1 Å². The predicted molar refractivity (Wildman–Crippen MR) is 84.8 cm³/mol. The fourth-order valence-corrected chi connectivity index (χ4v) is 3.12. The molecule has 1 N–H and O–H groups in total. The van der Waals surface area contributed by atoms with Gasteiger partial charge < -0.3 is 15.0 Å². The van der Waals surface area contributed by atoms with Crippen LogP contribution in [0, 0.1) is 0 Å². The van der Waals surface area contributed by atoms with Crippen molar-refractivity contribution < 1.29 is 9.53 Å². The normalized spacial score (nSPS) is 13.1. The van der Waals surface area contributed by atoms with Crippen LogP contribution in [0.25, 0.3) is 0 Å². The Hall–Kier alpha value is -2.22. The number of hydrogen-bond donors (Lipinski definition) is 1. The molecule has 116 valence electrons. The first-order valence-corrected chi connectivity index (χ1v) is 7.89. The lowest BCUT2D eigenvalue weighted by Gasteiger charge is -2.15. The number of fused-ring (bicyclic) bond motifs is 1. The highest BCUT2D eigenvalue weighted by molar-refractivity contribution is 7.99. The van der Waals surface area contributed by atoms with Gasteiger partial charge in [0.15, 0.2) is 5.16 Å². The fourth-order valence-electron chi connectivity index (χ4n) is 2.29. The zero-order valence-electron chi connectivity index (χ0n) is 12.4. The highest BCUT2D eigenvalue weighted by Crippen LogP contribution is 2.32. The lowest BCUT2D eigenvalue weighted by atomic mass is 10.3. The van der Waals surface area contributed by atoms with Crippen molar-refractivity contribution in [2.45, 2.75) is 11.7 Å². The summed E-state index contributed by atoms with van der Waals surface area (Å²) in [5.74, 6) is 1.96. The third-order valence-electron chi connectivity index (χ3n) is 3.48. The smallest absolute Gasteiger partial charge is 0.232 e. The van der Waals surface area contributed by atoms with Crippen molar-refractivity contribution in [2.75, 3.05) is 31.4 Å². The van der Waals surface area contributed by atoms with Crippen molar-refractivity contribution in [2.24, 2.45) is 0 Å². The predicted octanol–water partition coefficient (Wildman–Crippen LogP) is 1.28. The number of nitrogens with one attached hydrogen (secondary N) is 1. The van der Waals surface area contributed by atoms with Crippen molar-refractivity contribution in [1.82, 2.24) is 20.1 Å². The lowest BCUT2D eigenvalue weighted by molar-refractivity contribution is -0.118. The van der Waals surface area contributed by atoms with Crippen molar-refractivity contribution in [3.05, 3.63) is 24.3 Å². The molecule has 0 aliphatic carbocycles. The Balaban J connectivity index is 1.77. The van der Waals surface area contributed by atoms with Crippen LogP contribution >= 0.6 is 11.8 Å². The second-order valence-electron chi connectivity index (χ2n) is 4.75. The first kappa shape index (κ1) is 14.7. The number of methoxy groups -OCH3 is 1. The van der Waals surface area contributed by atoms with Crippen LogP contribution in [0.2, 0.25) is 0 Å². The second-order valence-corrected chi connectivity index (χ2v) is 5.69. The number of rotatable bonds is 5. The monoisotopic (exact) mass is 319 g/mol. The number of thioether (sulfide) groups is 1. The van der Waals surface area contributed by atoms with E-state index in [2.05, 4.69) is 20.4 Å². The molecule has 22 heavy (non-hydrogen) atoms. The summed E-state index contributed by atoms with van der Waals surface area (Å²) in [7, 11) is 3.28. The van der Waals surface area contributed by atoms with Gasteiger partial charge in [0.25, 0.3) is 0 Å². The quantitative estimate of drug-likeness (QED) is 0.837. The number of amides is 1. The van der Waals surface area contributed by atoms with Crippen LogP contribution < -0.4 is 15.0 Å². The summed E-state index contributed by atoms with van der Waals surface area (Å²) in [6.07, 6.45) is 0. The van der Waals surface area contributed by atoms with E-state index >= 15 is 0 Å². The standard InChI is InChI=1S/C14H17N5O2S/c1-15-12(20)9-22-14-17-16-13-18(7-8-19(13)14)10-3-5-11(21-2)6-4-10/h3-6H,7-9H2,1-2H3,(H,15,20). The number of benzene rings is 1. The highest BCUT2D eigenvalue weighted by Gasteiger charge is 2.26. The molecule has 0 fully saturated rings. The first-order chi connectivity index (χ1) is 10.7. The number of hydrogen-bond acceptors (Lipinski definition) is 6. The van der Waals surface area contributed by atoms with E-state index in [1.54, 1.807) is 14.2 Å². The van der Waals surface area contributed by atoms with Crippen LogP contribution in [0.5, 0.6) is 5.75 Å². The van der Waals surface area contributed by atoms with Crippen LogP contribution in [0.1, 0.15) is 0 Å². The summed E-state index contributed by atoms with van der Waals surface area (Å²) in [6.45, 7) is 1.65. The van der Waals surface area contributed by atoms with E-state index in [0.29, 0.717) is 5.75 Å². The van der Waals surface area contributed by atoms with E-state index in [-0.39, 0.29) is 5.91 Å². The van der Waals surface area contributed by atoms with Crippen molar-refractivity contribution in [3.8, 4) is 5.75 Å². The molecule has 7 nitrogen and oxygen atoms in total. The lowest BCUT2D eigenvalue weighted by Crippen LogP contribution is -2.20. The summed E-state index contributed by atoms with van der Waals surface area (Å²) in [5.41, 5.74) is 1.05. The minimum Gasteiger partial charge on any atom is -0.497 e. The van der Waals surface area contributed by atoms with E-state index in [1.807, 2.05) is 28.8 Å². The summed E-state index contributed by atoms with van der Waals surface area (Å²) in [5, 5.41) is 11.8. The van der Waals surface area contributed by atoms with E-state index in [0.717, 1.165) is 35.6 Å². The number of anilines is 2. The van der Waals surface area contributed by atoms with Gasteiger partial charge in [-0.25, -0.2) is 0 Å². The number of nitrogens with zero attached hydrogens (tertiary/aromatic N) is 4. The van der Waals surface area contributed by atoms with E-state index in [4.69, 9.17) is 4.74 Å². The van der Waals surface area contributed by atoms with Gasteiger partial charge in [0, 0.05) is 25.8 Å². The van der Waals surface area contributed by atoms with Crippen molar-refractivity contribution in [3.63, 3.8) is 0 Å². The Bertz CT molecular complexity index is 670. The third kappa shape index (κ3) is 2.74. The average Bonchev–Trinajstić information content (AvgIpc) is 3.14. The van der Waals surface area contributed by atoms with Gasteiger partial charge >= 0.3 is 0 Å². The highest BCUT2D eigenvalue weighted by atomic mass is 32.2. The molecule has 1 amide bonds. The van der Waals surface area contributed by atoms with Crippen molar-refractivity contribution in [1.29, 1.82) is 0 Å². The molecule has 0 saturated carbocycles. The zero-order chi connectivity index (χ0) is 15.5. The Morgan fingerprint density at radius 2 is 2.09 bits per heavy atom.